The Morgan fingerprint density at radius 3 is 2.75 bits per heavy atom. The molecule has 0 saturated heterocycles. The first kappa shape index (κ1) is 21.3. The van der Waals surface area contributed by atoms with E-state index in [-0.39, 0.29) is 25.3 Å². The molecule has 3 aromatic rings. The topological polar surface area (TPSA) is 116 Å². The Labute approximate surface area is 182 Å². The average molecular weight is 440 g/mol. The molecule has 0 aliphatic carbocycles. The van der Waals surface area contributed by atoms with E-state index < -0.39 is 17.6 Å². The number of nitrogens with zero attached hydrogens (tertiary/aromatic N) is 2. The van der Waals surface area contributed by atoms with Crippen molar-refractivity contribution in [1.29, 1.82) is 0 Å². The summed E-state index contributed by atoms with van der Waals surface area (Å²) >= 11 is 0. The number of nitrogens with one attached hydrogen (secondary N) is 2. The number of hydrogen-bond acceptors (Lipinski definition) is 7. The Balaban J connectivity index is 1.36. The molecule has 0 saturated carbocycles. The summed E-state index contributed by atoms with van der Waals surface area (Å²) in [5.74, 6) is 0.546. The van der Waals surface area contributed by atoms with Gasteiger partial charge in [-0.1, -0.05) is 12.1 Å². The number of carbonyl (C=O) groups is 2. The van der Waals surface area contributed by atoms with Crippen molar-refractivity contribution in [3.05, 3.63) is 59.5 Å². The van der Waals surface area contributed by atoms with Crippen LogP contribution in [0.2, 0.25) is 0 Å². The van der Waals surface area contributed by atoms with Crippen LogP contribution in [-0.2, 0) is 17.6 Å². The number of amides is 2. The Hall–Kier alpha value is -3.95. The zero-order valence-corrected chi connectivity index (χ0v) is 17.3. The zero-order chi connectivity index (χ0) is 22.5. The monoisotopic (exact) mass is 440 g/mol. The van der Waals surface area contributed by atoms with E-state index in [9.17, 15) is 14.0 Å². The minimum absolute atomic E-state index is 0.0426. The van der Waals surface area contributed by atoms with Crippen molar-refractivity contribution in [2.24, 2.45) is 0 Å². The van der Waals surface area contributed by atoms with Gasteiger partial charge in [0.25, 0.3) is 5.91 Å². The van der Waals surface area contributed by atoms with Gasteiger partial charge >= 0.3 is 0 Å². The molecule has 0 spiro atoms. The summed E-state index contributed by atoms with van der Waals surface area (Å²) in [6.45, 7) is 2.11. The zero-order valence-electron chi connectivity index (χ0n) is 17.3. The van der Waals surface area contributed by atoms with Crippen LogP contribution in [0.15, 0.2) is 40.9 Å². The summed E-state index contributed by atoms with van der Waals surface area (Å²) < 4.78 is 29.8. The van der Waals surface area contributed by atoms with Gasteiger partial charge < -0.3 is 24.6 Å². The summed E-state index contributed by atoms with van der Waals surface area (Å²) in [5, 5.41) is 9.02. The highest BCUT2D eigenvalue weighted by Gasteiger charge is 2.17. The van der Waals surface area contributed by atoms with Crippen LogP contribution in [0.3, 0.4) is 0 Å². The lowest BCUT2D eigenvalue weighted by Gasteiger charge is -2.10. The first-order valence-corrected chi connectivity index (χ1v) is 10.1. The number of rotatable bonds is 8. The van der Waals surface area contributed by atoms with E-state index in [4.69, 9.17) is 14.0 Å². The second kappa shape index (κ2) is 9.46. The third kappa shape index (κ3) is 5.02. The molecule has 1 aliphatic heterocycles. The SMILES string of the molecule is CCCc1noc(CCC(=O)Nc2cc(NC(=O)c3ccc4c(c3)OCO4)ccc2F)n1. The molecule has 2 N–H and O–H groups in total. The second-order valence-electron chi connectivity index (χ2n) is 7.12. The van der Waals surface area contributed by atoms with Crippen molar-refractivity contribution in [3.8, 4) is 11.5 Å². The van der Waals surface area contributed by atoms with Gasteiger partial charge in [0.15, 0.2) is 17.3 Å². The second-order valence-corrected chi connectivity index (χ2v) is 7.12. The van der Waals surface area contributed by atoms with E-state index in [1.807, 2.05) is 6.92 Å². The lowest BCUT2D eigenvalue weighted by molar-refractivity contribution is -0.116. The average Bonchev–Trinajstić information content (AvgIpc) is 3.43. The van der Waals surface area contributed by atoms with Crippen LogP contribution < -0.4 is 20.1 Å². The molecule has 166 valence electrons. The number of carbonyl (C=O) groups excluding carboxylic acids is 2. The van der Waals surface area contributed by atoms with Gasteiger partial charge in [0.2, 0.25) is 18.6 Å². The van der Waals surface area contributed by atoms with Crippen molar-refractivity contribution in [1.82, 2.24) is 10.1 Å². The summed E-state index contributed by atoms with van der Waals surface area (Å²) in [4.78, 5) is 29.0. The molecule has 2 heterocycles. The molecule has 0 radical (unpaired) electrons. The fraction of sp³-hybridized carbons (Fsp3) is 0.273. The predicted molar refractivity (Wildman–Crippen MR) is 112 cm³/mol. The molecule has 0 atom stereocenters. The highest BCUT2D eigenvalue weighted by Crippen LogP contribution is 2.32. The quantitative estimate of drug-likeness (QED) is 0.549. The fourth-order valence-electron chi connectivity index (χ4n) is 3.09. The van der Waals surface area contributed by atoms with Gasteiger partial charge in [0, 0.05) is 30.5 Å². The first-order valence-electron chi connectivity index (χ1n) is 10.1. The van der Waals surface area contributed by atoms with Crippen LogP contribution in [0.25, 0.3) is 0 Å². The van der Waals surface area contributed by atoms with E-state index in [0.29, 0.717) is 40.9 Å². The van der Waals surface area contributed by atoms with Crippen molar-refractivity contribution < 1.29 is 28.0 Å². The maximum Gasteiger partial charge on any atom is 0.255 e. The number of benzene rings is 2. The summed E-state index contributed by atoms with van der Waals surface area (Å²) in [6, 6.07) is 8.72. The van der Waals surface area contributed by atoms with Gasteiger partial charge in [-0.05, 0) is 42.8 Å². The number of anilines is 2. The fourth-order valence-corrected chi connectivity index (χ4v) is 3.09. The molecule has 9 nitrogen and oxygen atoms in total. The number of fused-ring (bicyclic) bond motifs is 1. The van der Waals surface area contributed by atoms with Gasteiger partial charge in [-0.2, -0.15) is 4.98 Å². The Morgan fingerprint density at radius 1 is 1.06 bits per heavy atom. The van der Waals surface area contributed by atoms with Crippen LogP contribution in [0.1, 0.15) is 41.8 Å². The minimum Gasteiger partial charge on any atom is -0.454 e. The summed E-state index contributed by atoms with van der Waals surface area (Å²) in [5.41, 5.74) is 0.632. The molecular weight excluding hydrogens is 419 g/mol. The number of aromatic nitrogens is 2. The van der Waals surface area contributed by atoms with E-state index in [1.165, 1.54) is 18.2 Å². The van der Waals surface area contributed by atoms with E-state index in [0.717, 1.165) is 6.42 Å². The maximum atomic E-state index is 14.2. The van der Waals surface area contributed by atoms with Gasteiger partial charge in [-0.3, -0.25) is 9.59 Å². The minimum atomic E-state index is -0.623. The van der Waals surface area contributed by atoms with Gasteiger partial charge in [-0.25, -0.2) is 4.39 Å². The van der Waals surface area contributed by atoms with Crippen molar-refractivity contribution in [2.75, 3.05) is 17.4 Å². The van der Waals surface area contributed by atoms with Gasteiger partial charge in [0.1, 0.15) is 5.82 Å². The molecule has 0 fully saturated rings. The Bertz CT molecular complexity index is 1150. The normalized spacial score (nSPS) is 11.9. The summed E-state index contributed by atoms with van der Waals surface area (Å²) in [6.07, 6.45) is 1.87. The molecule has 0 bridgehead atoms. The summed E-state index contributed by atoms with van der Waals surface area (Å²) in [7, 11) is 0. The van der Waals surface area contributed by atoms with Crippen molar-refractivity contribution in [2.45, 2.75) is 32.6 Å². The highest BCUT2D eigenvalue weighted by molar-refractivity contribution is 6.05. The number of halogens is 1. The molecule has 10 heteroatoms. The van der Waals surface area contributed by atoms with Crippen molar-refractivity contribution in [3.63, 3.8) is 0 Å². The van der Waals surface area contributed by atoms with Crippen LogP contribution in [0.4, 0.5) is 15.8 Å². The lowest BCUT2D eigenvalue weighted by Crippen LogP contribution is -2.15. The number of hydrogen-bond donors (Lipinski definition) is 2. The van der Waals surface area contributed by atoms with Crippen molar-refractivity contribution >= 4 is 23.2 Å². The largest absolute Gasteiger partial charge is 0.454 e. The van der Waals surface area contributed by atoms with Crippen LogP contribution in [0, 0.1) is 5.82 Å². The molecule has 4 rings (SSSR count). The van der Waals surface area contributed by atoms with E-state index in [1.54, 1.807) is 18.2 Å². The van der Waals surface area contributed by atoms with E-state index >= 15 is 0 Å². The number of ether oxygens (including phenoxy) is 2. The Morgan fingerprint density at radius 2 is 1.91 bits per heavy atom. The van der Waals surface area contributed by atoms with Crippen LogP contribution >= 0.6 is 0 Å². The van der Waals surface area contributed by atoms with E-state index in [2.05, 4.69) is 20.8 Å². The number of aryl methyl sites for hydroxylation is 2. The maximum absolute atomic E-state index is 14.2. The molecule has 1 aromatic heterocycles. The Kier molecular flexibility index (Phi) is 6.29. The predicted octanol–water partition coefficient (Wildman–Crippen LogP) is 3.71. The van der Waals surface area contributed by atoms with Crippen LogP contribution in [0.5, 0.6) is 11.5 Å². The van der Waals surface area contributed by atoms with Crippen LogP contribution in [-0.4, -0.2) is 28.7 Å². The molecule has 32 heavy (non-hydrogen) atoms. The van der Waals surface area contributed by atoms with Gasteiger partial charge in [0.05, 0.1) is 5.69 Å². The molecule has 2 aromatic carbocycles. The lowest BCUT2D eigenvalue weighted by atomic mass is 10.1. The molecule has 1 aliphatic rings. The third-order valence-electron chi connectivity index (χ3n) is 4.68. The molecular formula is C22H21FN4O5. The standard InChI is InChI=1S/C22H21FN4O5/c1-2-3-19-26-21(32-27-19)9-8-20(28)25-16-11-14(5-6-15(16)23)24-22(29)13-4-7-17-18(10-13)31-12-30-17/h4-7,10-11H,2-3,8-9,12H2,1H3,(H,24,29)(H,25,28). The third-order valence-corrected chi connectivity index (χ3v) is 4.68. The van der Waals surface area contributed by atoms with Gasteiger partial charge in [-0.15, -0.1) is 0 Å². The molecule has 0 unspecified atom stereocenters. The first-order chi connectivity index (χ1) is 15.5. The smallest absolute Gasteiger partial charge is 0.255 e. The molecule has 2 amide bonds. The highest BCUT2D eigenvalue weighted by atomic mass is 19.1.